The number of anilines is 2. The number of phenols is 1. The zero-order valence-corrected chi connectivity index (χ0v) is 23.8. The van der Waals surface area contributed by atoms with Crippen molar-refractivity contribution < 1.29 is 52.8 Å². The van der Waals surface area contributed by atoms with Gasteiger partial charge in [0.2, 0.25) is 5.91 Å². The van der Waals surface area contributed by atoms with Crippen molar-refractivity contribution in [1.29, 1.82) is 0 Å². The Balaban J connectivity index is 1.52. The molecule has 234 valence electrons. The highest BCUT2D eigenvalue weighted by molar-refractivity contribution is 6.30. The zero-order valence-electron chi connectivity index (χ0n) is 23.0. The third kappa shape index (κ3) is 4.77. The Hall–Kier alpha value is -4.14. The van der Waals surface area contributed by atoms with Crippen LogP contribution in [0.1, 0.15) is 36.5 Å². The van der Waals surface area contributed by atoms with Crippen molar-refractivity contribution in [3.05, 3.63) is 57.6 Å². The molecule has 7 unspecified atom stereocenters. The number of amides is 3. The largest absolute Gasteiger partial charge is 0.507 e. The fourth-order valence-electron chi connectivity index (χ4n) is 6.87. The van der Waals surface area contributed by atoms with E-state index in [0.29, 0.717) is 6.07 Å². The molecule has 3 aliphatic rings. The molecule has 11 nitrogen and oxygen atoms in total. The van der Waals surface area contributed by atoms with Crippen LogP contribution < -0.4 is 16.4 Å². The second-order valence-corrected chi connectivity index (χ2v) is 11.7. The quantitative estimate of drug-likeness (QED) is 0.196. The van der Waals surface area contributed by atoms with Crippen LogP contribution in [0.15, 0.2) is 35.9 Å². The van der Waals surface area contributed by atoms with Gasteiger partial charge < -0.3 is 36.8 Å². The number of benzene rings is 2. The molecule has 8 atom stereocenters. The maximum absolute atomic E-state index is 13.8. The molecule has 0 radical (unpaired) electrons. The number of hydrogen-bond donors (Lipinski definition) is 7. The number of urea groups is 1. The van der Waals surface area contributed by atoms with Crippen molar-refractivity contribution in [1.82, 2.24) is 0 Å². The molecule has 2 saturated carbocycles. The van der Waals surface area contributed by atoms with E-state index in [4.69, 9.17) is 17.3 Å². The molecule has 0 aliphatic heterocycles. The fraction of sp³-hybridized carbons (Fsp3) is 0.379. The molecule has 0 heterocycles. The molecule has 5 rings (SSSR count). The molecule has 0 saturated heterocycles. The van der Waals surface area contributed by atoms with Gasteiger partial charge in [-0.3, -0.25) is 14.4 Å². The van der Waals surface area contributed by atoms with E-state index < -0.39 is 100 Å². The number of rotatable bonds is 3. The smallest absolute Gasteiger partial charge is 0.418 e. The summed E-state index contributed by atoms with van der Waals surface area (Å²) in [5, 5.41) is 48.6. The SMILES string of the molecule is CC1c2ccc(NC(=O)Nc3ccc(Cl)cc3C(F)(F)F)c(O)c2C(O)=C2C(=O)C3C(=O)C(C(N)=O)C(O)[C@@H](C)C3C(O)C21. The van der Waals surface area contributed by atoms with E-state index in [0.717, 1.165) is 12.1 Å². The molecule has 2 aromatic carbocycles. The first-order valence-corrected chi connectivity index (χ1v) is 13.8. The highest BCUT2D eigenvalue weighted by Gasteiger charge is 2.61. The van der Waals surface area contributed by atoms with Crippen LogP contribution in [-0.2, 0) is 20.6 Å². The van der Waals surface area contributed by atoms with Gasteiger partial charge in [-0.1, -0.05) is 31.5 Å². The minimum atomic E-state index is -4.85. The number of alkyl halides is 3. The number of ketones is 2. The first-order valence-electron chi connectivity index (χ1n) is 13.4. The number of carbonyl (C=O) groups is 4. The molecule has 0 bridgehead atoms. The molecule has 3 amide bonds. The maximum Gasteiger partial charge on any atom is 0.418 e. The topological polar surface area (TPSA) is 199 Å². The Morgan fingerprint density at radius 1 is 0.977 bits per heavy atom. The number of aliphatic hydroxyl groups is 3. The Morgan fingerprint density at radius 3 is 2.20 bits per heavy atom. The summed E-state index contributed by atoms with van der Waals surface area (Å²) in [4.78, 5) is 51.7. The molecule has 2 aromatic rings. The predicted octanol–water partition coefficient (Wildman–Crippen LogP) is 3.57. The molecule has 8 N–H and O–H groups in total. The monoisotopic (exact) mass is 637 g/mol. The van der Waals surface area contributed by atoms with Crippen molar-refractivity contribution >= 4 is 52.2 Å². The van der Waals surface area contributed by atoms with Gasteiger partial charge in [-0.25, -0.2) is 4.79 Å². The van der Waals surface area contributed by atoms with Crippen LogP contribution in [-0.4, -0.2) is 56.1 Å². The van der Waals surface area contributed by atoms with Crippen LogP contribution in [0.5, 0.6) is 5.75 Å². The lowest BCUT2D eigenvalue weighted by atomic mass is 9.53. The number of phenolic OH excluding ortho intramolecular Hbond substituents is 1. The van der Waals surface area contributed by atoms with Gasteiger partial charge in [0, 0.05) is 22.4 Å². The highest BCUT2D eigenvalue weighted by Crippen LogP contribution is 2.55. The van der Waals surface area contributed by atoms with Gasteiger partial charge >= 0.3 is 12.2 Å². The molecule has 0 spiro atoms. The van der Waals surface area contributed by atoms with E-state index in [1.165, 1.54) is 19.1 Å². The normalized spacial score (nSPS) is 29.8. The Kier molecular flexibility index (Phi) is 7.67. The van der Waals surface area contributed by atoms with Gasteiger partial charge in [-0.05, 0) is 41.7 Å². The summed E-state index contributed by atoms with van der Waals surface area (Å²) >= 11 is 5.67. The van der Waals surface area contributed by atoms with E-state index in [9.17, 15) is 52.8 Å². The second kappa shape index (κ2) is 10.8. The number of primary amides is 1. The van der Waals surface area contributed by atoms with Crippen LogP contribution in [0, 0.1) is 29.6 Å². The number of aliphatic hydroxyl groups excluding tert-OH is 3. The van der Waals surface area contributed by atoms with Crippen molar-refractivity contribution in [2.75, 3.05) is 10.6 Å². The van der Waals surface area contributed by atoms with Gasteiger partial charge in [0.1, 0.15) is 17.4 Å². The fourth-order valence-corrected chi connectivity index (χ4v) is 7.04. The molecule has 2 fully saturated rings. The van der Waals surface area contributed by atoms with Crippen LogP contribution in [0.3, 0.4) is 0 Å². The number of nitrogens with one attached hydrogen (secondary N) is 2. The first kappa shape index (κ1) is 31.3. The Bertz CT molecular complexity index is 1640. The van der Waals surface area contributed by atoms with E-state index in [1.807, 2.05) is 5.32 Å². The van der Waals surface area contributed by atoms with Gasteiger partial charge in [-0.2, -0.15) is 13.2 Å². The number of carbonyl (C=O) groups excluding carboxylic acids is 4. The molecule has 3 aliphatic carbocycles. The third-order valence-corrected chi connectivity index (χ3v) is 9.19. The first-order chi connectivity index (χ1) is 20.5. The summed E-state index contributed by atoms with van der Waals surface area (Å²) in [5.41, 5.74) is 2.71. The number of Topliss-reactive ketones (excluding diaryl/α,β-unsaturated/α-hetero) is 2. The number of halogens is 4. The molecule has 0 aromatic heterocycles. The number of aromatic hydroxyl groups is 1. The summed E-state index contributed by atoms with van der Waals surface area (Å²) < 4.78 is 40.4. The average Bonchev–Trinajstić information content (AvgIpc) is 2.92. The van der Waals surface area contributed by atoms with E-state index in [1.54, 1.807) is 6.92 Å². The number of hydrogen-bond acceptors (Lipinski definition) is 8. The molecular weight excluding hydrogens is 611 g/mol. The van der Waals surface area contributed by atoms with Gasteiger partial charge in [-0.15, -0.1) is 0 Å². The lowest BCUT2D eigenvalue weighted by Gasteiger charge is -2.51. The highest BCUT2D eigenvalue weighted by atomic mass is 35.5. The summed E-state index contributed by atoms with van der Waals surface area (Å²) in [6, 6.07) is 4.13. The lowest BCUT2D eigenvalue weighted by molar-refractivity contribution is -0.164. The lowest BCUT2D eigenvalue weighted by Crippen LogP contribution is -2.62. The maximum atomic E-state index is 13.8. The molecule has 44 heavy (non-hydrogen) atoms. The standard InChI is InChI=1S/C29H27ClF3N3O8/c1-8-11-4-6-14(36-28(44)35-13-5-3-10(30)7-12(13)29(31,32)33)22(38)17(11)24(40)18-15(8)23(39)16-9(2)21(37)20(27(34)43)26(42)19(16)25(18)41/h3-9,15-16,19-21,23,37-40H,1-2H3,(H2,34,43)(H2,35,36,44)/t8?,9-,15?,16?,19?,20?,21?,23?/m0/s1. The van der Waals surface area contributed by atoms with Crippen molar-refractivity contribution in [2.24, 2.45) is 35.3 Å². The minimum absolute atomic E-state index is 0.217. The van der Waals surface area contributed by atoms with Crippen LogP contribution in [0.2, 0.25) is 5.02 Å². The zero-order chi connectivity index (χ0) is 32.6. The van der Waals surface area contributed by atoms with Crippen molar-refractivity contribution in [3.63, 3.8) is 0 Å². The van der Waals surface area contributed by atoms with E-state index >= 15 is 0 Å². The Morgan fingerprint density at radius 2 is 1.59 bits per heavy atom. The second-order valence-electron chi connectivity index (χ2n) is 11.3. The number of nitrogens with two attached hydrogens (primary N) is 1. The summed E-state index contributed by atoms with van der Waals surface area (Å²) in [6.45, 7) is 3.08. The van der Waals surface area contributed by atoms with Gasteiger partial charge in [0.05, 0.1) is 40.6 Å². The minimum Gasteiger partial charge on any atom is -0.507 e. The van der Waals surface area contributed by atoms with Crippen LogP contribution >= 0.6 is 11.6 Å². The molecule has 15 heteroatoms. The van der Waals surface area contributed by atoms with E-state index in [-0.39, 0.29) is 27.4 Å². The van der Waals surface area contributed by atoms with Crippen LogP contribution in [0.4, 0.5) is 29.3 Å². The van der Waals surface area contributed by atoms with Gasteiger partial charge in [0.15, 0.2) is 11.6 Å². The summed E-state index contributed by atoms with van der Waals surface area (Å²) in [7, 11) is 0. The van der Waals surface area contributed by atoms with Gasteiger partial charge in [0.25, 0.3) is 0 Å². The third-order valence-electron chi connectivity index (χ3n) is 8.95. The average molecular weight is 638 g/mol. The van der Waals surface area contributed by atoms with Crippen LogP contribution in [0.25, 0.3) is 5.76 Å². The summed E-state index contributed by atoms with van der Waals surface area (Å²) in [5.74, 6) is -11.7. The van der Waals surface area contributed by atoms with E-state index in [2.05, 4.69) is 5.32 Å². The molecular formula is C29H27ClF3N3O8. The van der Waals surface area contributed by atoms with Crippen molar-refractivity contribution in [2.45, 2.75) is 38.1 Å². The number of fused-ring (bicyclic) bond motifs is 3. The summed E-state index contributed by atoms with van der Waals surface area (Å²) in [6.07, 6.45) is -7.83. The Labute approximate surface area is 252 Å². The predicted molar refractivity (Wildman–Crippen MR) is 150 cm³/mol. The van der Waals surface area contributed by atoms with Crippen molar-refractivity contribution in [3.8, 4) is 5.75 Å².